The second kappa shape index (κ2) is 7.98. The van der Waals surface area contributed by atoms with Crippen molar-refractivity contribution in [3.63, 3.8) is 0 Å². The number of imidazole rings is 1. The van der Waals surface area contributed by atoms with E-state index in [0.29, 0.717) is 6.04 Å². The van der Waals surface area contributed by atoms with Crippen LogP contribution < -0.4 is 5.56 Å². The number of rotatable bonds is 3. The number of nitrogens with one attached hydrogen (secondary N) is 1. The minimum Gasteiger partial charge on any atom is -0.327 e. The standard InChI is InChI=1S/C25H27N5OS/c1-29-11-9-16(10-12-29)23-21-22(26-14-27-25(21)31)24(32-23)17-7-8-20-19(13-17)28-15-30(20)18-5-3-2-4-6-18/h7-9,13-15,18H,2-6,10-12H2,1H3,(H,26,27,31). The Hall–Kier alpha value is -2.77. The third-order valence-electron chi connectivity index (χ3n) is 7.01. The van der Waals surface area contributed by atoms with Crippen LogP contribution in [-0.4, -0.2) is 44.6 Å². The third kappa shape index (κ3) is 3.31. The highest BCUT2D eigenvalue weighted by atomic mass is 32.1. The first-order valence-corrected chi connectivity index (χ1v) is 12.4. The molecule has 4 aromatic rings. The number of likely N-dealkylation sites (N-methyl/N-ethyl adjacent to an activating group) is 1. The van der Waals surface area contributed by atoms with Crippen LogP contribution in [0, 0.1) is 0 Å². The largest absolute Gasteiger partial charge is 0.327 e. The summed E-state index contributed by atoms with van der Waals surface area (Å²) < 4.78 is 2.36. The van der Waals surface area contributed by atoms with Gasteiger partial charge in [0.05, 0.1) is 39.5 Å². The van der Waals surface area contributed by atoms with Gasteiger partial charge in [0.25, 0.3) is 5.56 Å². The van der Waals surface area contributed by atoms with Gasteiger partial charge in [0.1, 0.15) is 0 Å². The zero-order valence-corrected chi connectivity index (χ0v) is 19.1. The van der Waals surface area contributed by atoms with Gasteiger partial charge in [-0.3, -0.25) is 4.79 Å². The van der Waals surface area contributed by atoms with Crippen molar-refractivity contribution >= 4 is 38.8 Å². The second-order valence-corrected chi connectivity index (χ2v) is 10.1. The first-order valence-electron chi connectivity index (χ1n) is 11.5. The van der Waals surface area contributed by atoms with Crippen molar-refractivity contribution in [1.82, 2.24) is 24.4 Å². The molecule has 6 nitrogen and oxygen atoms in total. The highest BCUT2D eigenvalue weighted by Crippen LogP contribution is 2.42. The van der Waals surface area contributed by atoms with Crippen LogP contribution in [0.1, 0.15) is 49.4 Å². The van der Waals surface area contributed by atoms with Crippen molar-refractivity contribution in [2.24, 2.45) is 0 Å². The molecule has 0 saturated heterocycles. The molecule has 1 aliphatic carbocycles. The number of aromatic amines is 1. The topological polar surface area (TPSA) is 66.8 Å². The van der Waals surface area contributed by atoms with E-state index in [1.165, 1.54) is 49.5 Å². The summed E-state index contributed by atoms with van der Waals surface area (Å²) in [6.45, 7) is 1.91. The average Bonchev–Trinajstić information content (AvgIpc) is 3.42. The van der Waals surface area contributed by atoms with Gasteiger partial charge in [-0.25, -0.2) is 9.97 Å². The Morgan fingerprint density at radius 2 is 2.00 bits per heavy atom. The molecule has 1 aliphatic heterocycles. The van der Waals surface area contributed by atoms with E-state index in [4.69, 9.17) is 4.98 Å². The molecule has 1 saturated carbocycles. The van der Waals surface area contributed by atoms with Crippen LogP contribution in [0.3, 0.4) is 0 Å². The molecule has 7 heteroatoms. The lowest BCUT2D eigenvalue weighted by Crippen LogP contribution is -2.23. The minimum absolute atomic E-state index is 0.0602. The molecule has 0 atom stereocenters. The molecule has 2 aliphatic rings. The zero-order valence-electron chi connectivity index (χ0n) is 18.3. The summed E-state index contributed by atoms with van der Waals surface area (Å²) in [7, 11) is 2.13. The van der Waals surface area contributed by atoms with E-state index in [9.17, 15) is 4.79 Å². The Morgan fingerprint density at radius 1 is 1.12 bits per heavy atom. The molecular formula is C25H27N5OS. The normalized spacial score (nSPS) is 18.5. The number of benzene rings is 1. The van der Waals surface area contributed by atoms with E-state index in [1.807, 2.05) is 6.33 Å². The number of fused-ring (bicyclic) bond motifs is 2. The van der Waals surface area contributed by atoms with E-state index in [-0.39, 0.29) is 5.56 Å². The van der Waals surface area contributed by atoms with Crippen molar-refractivity contribution in [2.75, 3.05) is 20.1 Å². The molecule has 0 unspecified atom stereocenters. The molecular weight excluding hydrogens is 418 g/mol. The molecule has 3 aromatic heterocycles. The second-order valence-electron chi connectivity index (χ2n) is 9.10. The van der Waals surface area contributed by atoms with Crippen LogP contribution in [-0.2, 0) is 0 Å². The molecule has 0 amide bonds. The number of aromatic nitrogens is 4. The molecule has 1 N–H and O–H groups in total. The molecule has 0 spiro atoms. The quantitative estimate of drug-likeness (QED) is 0.469. The minimum atomic E-state index is -0.0602. The summed E-state index contributed by atoms with van der Waals surface area (Å²) in [4.78, 5) is 29.3. The van der Waals surface area contributed by atoms with E-state index < -0.39 is 0 Å². The molecule has 4 heterocycles. The molecule has 1 aromatic carbocycles. The number of H-pyrrole nitrogens is 1. The SMILES string of the molecule is CN1CC=C(c2sc(-c3ccc4c(c3)ncn4C3CCCCC3)c3nc[nH]c(=O)c23)CC1. The lowest BCUT2D eigenvalue weighted by molar-refractivity contribution is 0.359. The van der Waals surface area contributed by atoms with Crippen LogP contribution >= 0.6 is 11.3 Å². The zero-order chi connectivity index (χ0) is 21.7. The fourth-order valence-electron chi connectivity index (χ4n) is 5.21. The number of nitrogens with zero attached hydrogens (tertiary/aromatic N) is 4. The molecule has 32 heavy (non-hydrogen) atoms. The van der Waals surface area contributed by atoms with Gasteiger partial charge < -0.3 is 14.5 Å². The number of thiophene rings is 1. The highest BCUT2D eigenvalue weighted by molar-refractivity contribution is 7.18. The van der Waals surface area contributed by atoms with E-state index in [0.717, 1.165) is 51.2 Å². The number of hydrogen-bond acceptors (Lipinski definition) is 5. The van der Waals surface area contributed by atoms with Gasteiger partial charge in [-0.15, -0.1) is 11.3 Å². The predicted octanol–water partition coefficient (Wildman–Crippen LogP) is 5.23. The van der Waals surface area contributed by atoms with Crippen LogP contribution in [0.2, 0.25) is 0 Å². The van der Waals surface area contributed by atoms with Gasteiger partial charge in [-0.1, -0.05) is 31.4 Å². The molecule has 1 fully saturated rings. The van der Waals surface area contributed by atoms with Crippen LogP contribution in [0.15, 0.2) is 41.7 Å². The van der Waals surface area contributed by atoms with Crippen molar-refractivity contribution in [3.8, 4) is 10.4 Å². The Labute approximate surface area is 190 Å². The van der Waals surface area contributed by atoms with Gasteiger partial charge in [0.15, 0.2) is 0 Å². The van der Waals surface area contributed by atoms with Crippen molar-refractivity contribution in [2.45, 2.75) is 44.6 Å². The highest BCUT2D eigenvalue weighted by Gasteiger charge is 2.22. The summed E-state index contributed by atoms with van der Waals surface area (Å²) in [6.07, 6.45) is 13.2. The average molecular weight is 446 g/mol. The van der Waals surface area contributed by atoms with Crippen molar-refractivity contribution in [3.05, 3.63) is 52.2 Å². The maximum absolute atomic E-state index is 12.8. The lowest BCUT2D eigenvalue weighted by atomic mass is 9.95. The Bertz CT molecular complexity index is 1390. The Balaban J connectivity index is 1.47. The van der Waals surface area contributed by atoms with E-state index >= 15 is 0 Å². The summed E-state index contributed by atoms with van der Waals surface area (Å²) in [5.74, 6) is 0. The van der Waals surface area contributed by atoms with Gasteiger partial charge >= 0.3 is 0 Å². The summed E-state index contributed by atoms with van der Waals surface area (Å²) >= 11 is 1.69. The van der Waals surface area contributed by atoms with Crippen LogP contribution in [0.4, 0.5) is 0 Å². The monoisotopic (exact) mass is 445 g/mol. The maximum Gasteiger partial charge on any atom is 0.260 e. The summed E-state index contributed by atoms with van der Waals surface area (Å²) in [5.41, 5.74) is 5.28. The van der Waals surface area contributed by atoms with Crippen molar-refractivity contribution in [1.29, 1.82) is 0 Å². The fraction of sp³-hybridized carbons (Fsp3) is 0.400. The lowest BCUT2D eigenvalue weighted by Gasteiger charge is -2.23. The van der Waals surface area contributed by atoms with Gasteiger partial charge in [0, 0.05) is 24.0 Å². The molecule has 0 radical (unpaired) electrons. The van der Waals surface area contributed by atoms with Gasteiger partial charge in [-0.2, -0.15) is 0 Å². The molecule has 164 valence electrons. The van der Waals surface area contributed by atoms with E-state index in [2.05, 4.69) is 50.8 Å². The van der Waals surface area contributed by atoms with Crippen LogP contribution in [0.25, 0.3) is 38.0 Å². The third-order valence-corrected chi connectivity index (χ3v) is 8.31. The number of hydrogen-bond donors (Lipinski definition) is 1. The van der Waals surface area contributed by atoms with Crippen LogP contribution in [0.5, 0.6) is 0 Å². The molecule has 0 bridgehead atoms. The predicted molar refractivity (Wildman–Crippen MR) is 131 cm³/mol. The Morgan fingerprint density at radius 3 is 2.81 bits per heavy atom. The summed E-state index contributed by atoms with van der Waals surface area (Å²) in [6, 6.07) is 7.09. The first-order chi connectivity index (χ1) is 15.7. The van der Waals surface area contributed by atoms with E-state index in [1.54, 1.807) is 11.3 Å². The fourth-order valence-corrected chi connectivity index (χ4v) is 6.51. The smallest absolute Gasteiger partial charge is 0.260 e. The van der Waals surface area contributed by atoms with Crippen molar-refractivity contribution < 1.29 is 0 Å². The molecule has 6 rings (SSSR count). The van der Waals surface area contributed by atoms with Gasteiger partial charge in [0.2, 0.25) is 0 Å². The Kier molecular flexibility index (Phi) is 4.96. The maximum atomic E-state index is 12.8. The first kappa shape index (κ1) is 19.9. The summed E-state index contributed by atoms with van der Waals surface area (Å²) in [5, 5.41) is 0.719. The van der Waals surface area contributed by atoms with Gasteiger partial charge in [-0.05, 0) is 49.6 Å².